The van der Waals surface area contributed by atoms with Crippen LogP contribution in [0, 0.1) is 0 Å². The van der Waals surface area contributed by atoms with Gasteiger partial charge in [-0.15, -0.1) is 0 Å². The lowest BCUT2D eigenvalue weighted by Crippen LogP contribution is -2.52. The van der Waals surface area contributed by atoms with E-state index in [-0.39, 0.29) is 108 Å². The molecule has 0 radical (unpaired) electrons. The molecule has 4 aliphatic carbocycles. The van der Waals surface area contributed by atoms with Crippen LogP contribution in [0.4, 0.5) is 0 Å². The molecule has 14 atom stereocenters. The highest BCUT2D eigenvalue weighted by molar-refractivity contribution is 5.85. The number of benzene rings is 7. The molecule has 7 amide bonds. The number of β-lactam (4-membered cyclic amide) rings is 7. The molecule has 14 unspecified atom stereocenters. The number of rotatable bonds is 36. The van der Waals surface area contributed by atoms with Gasteiger partial charge in [-0.1, -0.05) is 157 Å². The minimum Gasteiger partial charge on any atom is -0.491 e. The second kappa shape index (κ2) is 49.8. The van der Waals surface area contributed by atoms with Gasteiger partial charge in [0.25, 0.3) is 0 Å². The quantitative estimate of drug-likeness (QED) is 0.0142. The summed E-state index contributed by atoms with van der Waals surface area (Å²) in [5, 5.41) is 69.9. The molecule has 0 bridgehead atoms. The van der Waals surface area contributed by atoms with Crippen LogP contribution in [0.25, 0.3) is 0 Å². The summed E-state index contributed by atoms with van der Waals surface area (Å²) in [6, 6.07) is 47.6. The van der Waals surface area contributed by atoms with Gasteiger partial charge in [0.1, 0.15) is 86.5 Å². The number of ether oxygens (including phenoxy) is 7. The molecule has 11 aliphatic rings. The molecule has 0 spiro atoms. The minimum atomic E-state index is -0.478. The number of carbonyl (C=O) groups excluding carboxylic acids is 7. The van der Waals surface area contributed by atoms with Crippen molar-refractivity contribution >= 4 is 41.4 Å². The number of carbonyl (C=O) groups is 7. The van der Waals surface area contributed by atoms with E-state index >= 15 is 0 Å². The normalized spacial score (nSPS) is 22.8. The van der Waals surface area contributed by atoms with Gasteiger partial charge in [0.05, 0.1) is 130 Å². The standard InChI is InChI=1S/3C17H25NO3.4C14H17NO3/c1-3-4-5-9-16(19)13-7-6-8-15(10-13)21-12-14-11-17(20)18(14)2;1-3-4-5-9-15(19)14-8-6-7-10-16(14)21-12-13-11-17(20)18(13)2;1-3-4-5-6-16(19)13-7-9-15(10-8-13)21-12-14-11-17(20)18(14)2;1-15-10(7-14(15)17)8-18-11-3-4-12-9(6-11)2-5-13(12)16;1-15-10(6-14(15)17)8-18-11-4-2-9-3-5-13(16)12(9)7-11;1-15-9(7-14(15)17)8-18-13-4-2-3-10-11(13)5-6-12(10)16;1-15-10(7-13(15)17)8-18-12-4-2-3-9-5-6-11(16)14(9)12/h6-8,10,14,16,19H,3-5,9,11-12H2,1-2H3;6-8,10,13,15,19H,3-5,9,11-12H2,1-2H3;7-10,14,16,19H,3-6,11-12H2,1-2H3;3-4,6,10,13,16H,2,5,7-8H2,1H3;2,4,7,10,13,16H,3,5-6,8H2,1H3;2-4,9,12,16H,5-8H2,1H3;2-4,10-11,16H,5-8H2,1H3. The molecule has 7 heterocycles. The monoisotopic (exact) mass is 1860 g/mol. The molecule has 7 fully saturated rings. The Bertz CT molecular complexity index is 5090. The van der Waals surface area contributed by atoms with Crippen molar-refractivity contribution in [1.29, 1.82) is 0 Å². The molecule has 732 valence electrons. The fourth-order valence-electron chi connectivity index (χ4n) is 18.1. The predicted molar refractivity (Wildman–Crippen MR) is 512 cm³/mol. The highest BCUT2D eigenvalue weighted by Gasteiger charge is 2.40. The summed E-state index contributed by atoms with van der Waals surface area (Å²) in [6.07, 6.45) is 20.4. The summed E-state index contributed by atoms with van der Waals surface area (Å²) in [7, 11) is 12.6. The first-order valence-corrected chi connectivity index (χ1v) is 48.7. The maximum absolute atomic E-state index is 11.2. The van der Waals surface area contributed by atoms with Crippen molar-refractivity contribution in [1.82, 2.24) is 34.3 Å². The predicted octanol–water partition coefficient (Wildman–Crippen LogP) is 13.8. The van der Waals surface area contributed by atoms with Crippen molar-refractivity contribution < 1.29 is 102 Å². The van der Waals surface area contributed by atoms with Crippen LogP contribution in [-0.4, -0.2) is 249 Å². The summed E-state index contributed by atoms with van der Waals surface area (Å²) < 4.78 is 40.3. The van der Waals surface area contributed by atoms with Gasteiger partial charge in [-0.2, -0.15) is 0 Å². The Morgan fingerprint density at radius 2 is 0.659 bits per heavy atom. The van der Waals surface area contributed by atoms with Gasteiger partial charge in [0, 0.05) is 66.0 Å². The van der Waals surface area contributed by atoms with E-state index < -0.39 is 18.3 Å². The van der Waals surface area contributed by atoms with E-state index in [0.29, 0.717) is 91.2 Å². The average molecular weight is 1860 g/mol. The van der Waals surface area contributed by atoms with Crippen molar-refractivity contribution in [2.24, 2.45) is 0 Å². The number of fused-ring (bicyclic) bond motifs is 4. The first kappa shape index (κ1) is 103. The second-order valence-corrected chi connectivity index (χ2v) is 37.5. The van der Waals surface area contributed by atoms with Gasteiger partial charge in [0.15, 0.2) is 0 Å². The lowest BCUT2D eigenvalue weighted by molar-refractivity contribution is -0.145. The Morgan fingerprint density at radius 1 is 0.296 bits per heavy atom. The Morgan fingerprint density at radius 3 is 1.16 bits per heavy atom. The molecule has 18 rings (SSSR count). The smallest absolute Gasteiger partial charge is 0.224 e. The van der Waals surface area contributed by atoms with Gasteiger partial charge in [-0.25, -0.2) is 0 Å². The lowest BCUT2D eigenvalue weighted by atomic mass is 10.0. The number of nitrogens with zero attached hydrogens (tertiary/aromatic N) is 7. The summed E-state index contributed by atoms with van der Waals surface area (Å²) in [6.45, 7) is 10.1. The maximum atomic E-state index is 11.2. The van der Waals surface area contributed by atoms with E-state index in [0.717, 1.165) is 213 Å². The molecule has 7 aromatic rings. The van der Waals surface area contributed by atoms with E-state index in [9.17, 15) is 69.3 Å². The maximum Gasteiger partial charge on any atom is 0.224 e. The van der Waals surface area contributed by atoms with Crippen molar-refractivity contribution in [2.45, 2.75) is 279 Å². The number of aryl methyl sites for hydroxylation is 3. The third kappa shape index (κ3) is 27.5. The molecular formula is C107H143N7O21. The first-order chi connectivity index (χ1) is 65.0. The fraction of sp³-hybridized carbons (Fsp3) is 0.542. The van der Waals surface area contributed by atoms with Crippen LogP contribution in [-0.2, 0) is 59.2 Å². The van der Waals surface area contributed by atoms with Gasteiger partial charge >= 0.3 is 0 Å². The van der Waals surface area contributed by atoms with Crippen molar-refractivity contribution in [3.8, 4) is 40.2 Å². The molecular weight excluding hydrogens is 1720 g/mol. The number of likely N-dealkylation sites (tertiary alicyclic amines) is 7. The largest absolute Gasteiger partial charge is 0.491 e. The number of unbranched alkanes of at least 4 members (excludes halogenated alkanes) is 6. The topological polar surface area (TPSA) is 348 Å². The van der Waals surface area contributed by atoms with E-state index in [1.807, 2.05) is 146 Å². The van der Waals surface area contributed by atoms with Crippen LogP contribution < -0.4 is 33.2 Å². The Labute approximate surface area is 795 Å². The molecule has 135 heavy (non-hydrogen) atoms. The van der Waals surface area contributed by atoms with Crippen molar-refractivity contribution in [2.75, 3.05) is 95.6 Å². The lowest BCUT2D eigenvalue weighted by Gasteiger charge is -2.37. The zero-order valence-corrected chi connectivity index (χ0v) is 80.5. The zero-order valence-electron chi connectivity index (χ0n) is 80.5. The van der Waals surface area contributed by atoms with E-state index in [1.54, 1.807) is 83.6 Å². The third-order valence-corrected chi connectivity index (χ3v) is 28.2. The summed E-state index contributed by atoms with van der Waals surface area (Å²) >= 11 is 0. The van der Waals surface area contributed by atoms with Gasteiger partial charge < -0.3 is 103 Å². The first-order valence-electron chi connectivity index (χ1n) is 48.7. The van der Waals surface area contributed by atoms with Crippen LogP contribution in [0.15, 0.2) is 146 Å². The molecule has 7 N–H and O–H groups in total. The highest BCUT2D eigenvalue weighted by atomic mass is 16.5. The summed E-state index contributed by atoms with van der Waals surface area (Å²) in [5.74, 6) is 6.72. The van der Waals surface area contributed by atoms with Crippen molar-refractivity contribution in [3.05, 3.63) is 207 Å². The molecule has 7 aromatic carbocycles. The van der Waals surface area contributed by atoms with E-state index in [2.05, 4.69) is 20.8 Å². The molecule has 7 aliphatic heterocycles. The molecule has 0 saturated carbocycles. The highest BCUT2D eigenvalue weighted by Crippen LogP contribution is 2.42. The third-order valence-electron chi connectivity index (χ3n) is 28.2. The number of hydrogen-bond donors (Lipinski definition) is 7. The van der Waals surface area contributed by atoms with Crippen LogP contribution >= 0.6 is 0 Å². The number of para-hydroxylation sites is 1. The SMILES string of the molecule is CCCCCC(O)c1ccc(OCC2CC(=O)N2C)cc1.CCCCCC(O)c1cccc(OCC2CC(=O)N2C)c1.CCCCCC(O)c1ccccc1OCC1CC(=O)N1C.CN1C(=O)CC1COc1ccc2c(c1)C(O)CC2.CN1C(=O)CC1COc1ccc2c(c1)CCC2O.CN1C(=O)CC1COc1cccc2c1C(O)CC2.CN1C(=O)CC1COc1cccc2c1CCC2O. The average Bonchev–Trinajstić information content (AvgIpc) is 1.67. The second-order valence-electron chi connectivity index (χ2n) is 37.5. The number of aliphatic hydroxyl groups is 7. The van der Waals surface area contributed by atoms with Gasteiger partial charge in [0.2, 0.25) is 41.4 Å². The molecule has 0 aromatic heterocycles. The number of likely N-dealkylation sites (N-methyl/N-ethyl adjacent to an activating group) is 7. The van der Waals surface area contributed by atoms with Crippen molar-refractivity contribution in [3.63, 3.8) is 0 Å². The number of amides is 7. The Kier molecular flexibility index (Phi) is 38.0. The molecule has 28 heteroatoms. The molecule has 28 nitrogen and oxygen atoms in total. The Balaban J connectivity index is 0.000000142. The van der Waals surface area contributed by atoms with Crippen LogP contribution in [0.1, 0.15) is 272 Å². The van der Waals surface area contributed by atoms with E-state index in [4.69, 9.17) is 33.2 Å². The molecule has 7 saturated heterocycles. The van der Waals surface area contributed by atoms with E-state index in [1.165, 1.54) is 16.7 Å². The van der Waals surface area contributed by atoms with Crippen LogP contribution in [0.5, 0.6) is 40.2 Å². The minimum absolute atomic E-state index is 0.155. The van der Waals surface area contributed by atoms with Gasteiger partial charge in [-0.3, -0.25) is 33.6 Å². The summed E-state index contributed by atoms with van der Waals surface area (Å²) in [4.78, 5) is 89.9. The zero-order chi connectivity index (χ0) is 96.5. The number of hydrogen-bond acceptors (Lipinski definition) is 21. The number of aliphatic hydroxyl groups excluding tert-OH is 7. The Hall–Kier alpha value is -10.9. The van der Waals surface area contributed by atoms with Crippen LogP contribution in [0.2, 0.25) is 0 Å². The summed E-state index contributed by atoms with van der Waals surface area (Å²) in [5.41, 5.74) is 11.3. The van der Waals surface area contributed by atoms with Gasteiger partial charge in [-0.05, 0) is 182 Å². The van der Waals surface area contributed by atoms with Crippen LogP contribution in [0.3, 0.4) is 0 Å². The fourth-order valence-corrected chi connectivity index (χ4v) is 18.1.